The Balaban J connectivity index is 2.20. The van der Waals surface area contributed by atoms with Gasteiger partial charge in [-0.2, -0.15) is 4.98 Å². The van der Waals surface area contributed by atoms with E-state index in [1.165, 1.54) is 7.11 Å². The Hall–Kier alpha value is -1.63. The van der Waals surface area contributed by atoms with Crippen molar-refractivity contribution in [3.8, 4) is 17.1 Å². The average Bonchev–Trinajstić information content (AvgIpc) is 2.87. The van der Waals surface area contributed by atoms with Crippen molar-refractivity contribution >= 4 is 11.6 Å². The Morgan fingerprint density at radius 2 is 2.20 bits per heavy atom. The minimum absolute atomic E-state index is 0.210. The fourth-order valence-corrected chi connectivity index (χ4v) is 1.91. The van der Waals surface area contributed by atoms with E-state index in [4.69, 9.17) is 25.6 Å². The lowest BCUT2D eigenvalue weighted by Crippen LogP contribution is -2.17. The normalized spacial score (nSPS) is 12.4. The second-order valence-electron chi connectivity index (χ2n) is 4.17. The fourth-order valence-electron chi connectivity index (χ4n) is 1.75. The number of rotatable bonds is 6. The van der Waals surface area contributed by atoms with Gasteiger partial charge in [-0.1, -0.05) is 16.8 Å². The van der Waals surface area contributed by atoms with Crippen molar-refractivity contribution in [2.45, 2.75) is 12.5 Å². The molecule has 1 N–H and O–H groups in total. The fraction of sp³-hybridized carbons (Fsp3) is 0.385. The zero-order chi connectivity index (χ0) is 14.5. The number of aromatic nitrogens is 2. The molecule has 1 atom stereocenters. The highest BCUT2D eigenvalue weighted by Gasteiger charge is 2.16. The van der Waals surface area contributed by atoms with Gasteiger partial charge < -0.3 is 19.1 Å². The monoisotopic (exact) mass is 298 g/mol. The van der Waals surface area contributed by atoms with Crippen LogP contribution in [0.1, 0.15) is 5.89 Å². The number of benzene rings is 1. The average molecular weight is 299 g/mol. The van der Waals surface area contributed by atoms with E-state index in [2.05, 4.69) is 10.1 Å². The van der Waals surface area contributed by atoms with Crippen LogP contribution in [0, 0.1) is 0 Å². The molecule has 0 spiro atoms. The first kappa shape index (κ1) is 14.8. The van der Waals surface area contributed by atoms with Crippen LogP contribution in [-0.2, 0) is 11.2 Å². The minimum Gasteiger partial charge on any atom is -0.496 e. The molecular formula is C13H15ClN2O4. The van der Waals surface area contributed by atoms with Crippen molar-refractivity contribution in [3.63, 3.8) is 0 Å². The summed E-state index contributed by atoms with van der Waals surface area (Å²) in [4.78, 5) is 4.22. The number of aliphatic hydroxyl groups is 1. The van der Waals surface area contributed by atoms with Gasteiger partial charge in [0.15, 0.2) is 0 Å². The Morgan fingerprint density at radius 1 is 1.40 bits per heavy atom. The first-order valence-electron chi connectivity index (χ1n) is 5.97. The SMILES string of the molecule is COCC(O)Cc1nc(-c2ccc(Cl)cc2OC)no1. The standard InChI is InChI=1S/C13H15ClN2O4/c1-18-7-9(17)6-12-15-13(16-20-12)10-4-3-8(14)5-11(10)19-2/h3-5,9,17H,6-7H2,1-2H3. The van der Waals surface area contributed by atoms with Crippen LogP contribution in [0.15, 0.2) is 22.7 Å². The van der Waals surface area contributed by atoms with E-state index >= 15 is 0 Å². The molecule has 0 radical (unpaired) electrons. The van der Waals surface area contributed by atoms with Gasteiger partial charge in [-0.15, -0.1) is 0 Å². The van der Waals surface area contributed by atoms with Crippen LogP contribution in [0.3, 0.4) is 0 Å². The van der Waals surface area contributed by atoms with Gasteiger partial charge in [-0.3, -0.25) is 0 Å². The van der Waals surface area contributed by atoms with Crippen molar-refractivity contribution in [3.05, 3.63) is 29.1 Å². The molecular weight excluding hydrogens is 284 g/mol. The third-order valence-corrected chi connectivity index (χ3v) is 2.88. The number of halogens is 1. The maximum atomic E-state index is 9.62. The number of ether oxygens (including phenoxy) is 2. The number of nitrogens with zero attached hydrogens (tertiary/aromatic N) is 2. The van der Waals surface area contributed by atoms with Crippen molar-refractivity contribution in [2.24, 2.45) is 0 Å². The molecule has 1 unspecified atom stereocenters. The Bertz CT molecular complexity index is 573. The van der Waals surface area contributed by atoms with Gasteiger partial charge in [0, 0.05) is 12.1 Å². The predicted molar refractivity (Wildman–Crippen MR) is 72.9 cm³/mol. The van der Waals surface area contributed by atoms with Crippen LogP contribution < -0.4 is 4.74 Å². The highest BCUT2D eigenvalue weighted by molar-refractivity contribution is 6.30. The number of hydrogen-bond acceptors (Lipinski definition) is 6. The van der Waals surface area contributed by atoms with Crippen molar-refractivity contribution < 1.29 is 19.1 Å². The van der Waals surface area contributed by atoms with Crippen molar-refractivity contribution in [1.82, 2.24) is 10.1 Å². The molecule has 1 aromatic heterocycles. The summed E-state index contributed by atoms with van der Waals surface area (Å²) in [6.45, 7) is 0.210. The Labute approximate surface area is 121 Å². The summed E-state index contributed by atoms with van der Waals surface area (Å²) in [5, 5.41) is 14.1. The van der Waals surface area contributed by atoms with Gasteiger partial charge in [-0.05, 0) is 18.2 Å². The van der Waals surface area contributed by atoms with E-state index in [1.807, 2.05) is 0 Å². The summed E-state index contributed by atoms with van der Waals surface area (Å²) in [6.07, 6.45) is -0.447. The lowest BCUT2D eigenvalue weighted by Gasteiger charge is -2.05. The number of methoxy groups -OCH3 is 2. The van der Waals surface area contributed by atoms with Gasteiger partial charge in [0.2, 0.25) is 11.7 Å². The van der Waals surface area contributed by atoms with Gasteiger partial charge in [-0.25, -0.2) is 0 Å². The molecule has 0 saturated carbocycles. The van der Waals surface area contributed by atoms with E-state index in [1.54, 1.807) is 25.3 Å². The summed E-state index contributed by atoms with van der Waals surface area (Å²) in [6, 6.07) is 5.14. The number of hydrogen-bond donors (Lipinski definition) is 1. The first-order valence-corrected chi connectivity index (χ1v) is 6.35. The largest absolute Gasteiger partial charge is 0.496 e. The predicted octanol–water partition coefficient (Wildman–Crippen LogP) is 1.95. The highest BCUT2D eigenvalue weighted by atomic mass is 35.5. The van der Waals surface area contributed by atoms with E-state index in [0.717, 1.165) is 0 Å². The van der Waals surface area contributed by atoms with Gasteiger partial charge in [0.25, 0.3) is 0 Å². The zero-order valence-corrected chi connectivity index (χ0v) is 11.9. The van der Waals surface area contributed by atoms with Crippen LogP contribution >= 0.6 is 11.6 Å². The van der Waals surface area contributed by atoms with E-state index in [0.29, 0.717) is 28.1 Å². The molecule has 0 amide bonds. The first-order chi connectivity index (χ1) is 9.63. The molecule has 6 nitrogen and oxygen atoms in total. The van der Waals surface area contributed by atoms with Crippen LogP contribution in [-0.4, -0.2) is 42.2 Å². The lowest BCUT2D eigenvalue weighted by atomic mass is 10.2. The molecule has 20 heavy (non-hydrogen) atoms. The second kappa shape index (κ2) is 6.69. The molecule has 2 rings (SSSR count). The smallest absolute Gasteiger partial charge is 0.229 e. The molecule has 0 fully saturated rings. The van der Waals surface area contributed by atoms with Crippen LogP contribution in [0.2, 0.25) is 5.02 Å². The topological polar surface area (TPSA) is 77.6 Å². The summed E-state index contributed by atoms with van der Waals surface area (Å²) >= 11 is 5.90. The zero-order valence-electron chi connectivity index (χ0n) is 11.2. The quantitative estimate of drug-likeness (QED) is 0.878. The Morgan fingerprint density at radius 3 is 2.90 bits per heavy atom. The molecule has 0 saturated heterocycles. The summed E-state index contributed by atoms with van der Waals surface area (Å²) < 4.78 is 15.2. The van der Waals surface area contributed by atoms with Crippen LogP contribution in [0.5, 0.6) is 5.75 Å². The van der Waals surface area contributed by atoms with E-state index < -0.39 is 6.10 Å². The van der Waals surface area contributed by atoms with Gasteiger partial charge in [0.1, 0.15) is 5.75 Å². The van der Waals surface area contributed by atoms with Crippen molar-refractivity contribution in [1.29, 1.82) is 0 Å². The van der Waals surface area contributed by atoms with E-state index in [9.17, 15) is 5.11 Å². The Kier molecular flexibility index (Phi) is 4.94. The maximum Gasteiger partial charge on any atom is 0.229 e. The molecule has 0 bridgehead atoms. The molecule has 7 heteroatoms. The third-order valence-electron chi connectivity index (χ3n) is 2.64. The molecule has 2 aromatic rings. The molecule has 1 heterocycles. The lowest BCUT2D eigenvalue weighted by molar-refractivity contribution is 0.0599. The third kappa shape index (κ3) is 3.47. The van der Waals surface area contributed by atoms with Crippen LogP contribution in [0.25, 0.3) is 11.4 Å². The molecule has 1 aromatic carbocycles. The highest BCUT2D eigenvalue weighted by Crippen LogP contribution is 2.30. The summed E-state index contributed by atoms with van der Waals surface area (Å²) in [7, 11) is 3.06. The summed E-state index contributed by atoms with van der Waals surface area (Å²) in [5.74, 6) is 1.28. The maximum absolute atomic E-state index is 9.62. The molecule has 0 aliphatic heterocycles. The molecule has 0 aliphatic carbocycles. The molecule has 108 valence electrons. The van der Waals surface area contributed by atoms with Gasteiger partial charge >= 0.3 is 0 Å². The summed E-state index contributed by atoms with van der Waals surface area (Å²) in [5.41, 5.74) is 0.674. The van der Waals surface area contributed by atoms with Gasteiger partial charge in [0.05, 0.1) is 31.8 Å². The van der Waals surface area contributed by atoms with Crippen molar-refractivity contribution in [2.75, 3.05) is 20.8 Å². The minimum atomic E-state index is -0.680. The van der Waals surface area contributed by atoms with Crippen LogP contribution in [0.4, 0.5) is 0 Å². The molecule has 0 aliphatic rings. The van der Waals surface area contributed by atoms with E-state index in [-0.39, 0.29) is 13.0 Å². The number of aliphatic hydroxyl groups excluding tert-OH is 1. The second-order valence-corrected chi connectivity index (χ2v) is 4.61.